The van der Waals surface area contributed by atoms with Crippen molar-refractivity contribution in [3.05, 3.63) is 47.0 Å². The largest absolute Gasteiger partial charge is 0.496 e. The van der Waals surface area contributed by atoms with E-state index < -0.39 is 0 Å². The van der Waals surface area contributed by atoms with Gasteiger partial charge >= 0.3 is 0 Å². The Balaban J connectivity index is 1.99. The first kappa shape index (κ1) is 20.1. The van der Waals surface area contributed by atoms with Crippen LogP contribution in [-0.4, -0.2) is 40.1 Å². The second-order valence-corrected chi connectivity index (χ2v) is 5.85. The molecule has 0 atom stereocenters. The number of methoxy groups -OCH3 is 3. The van der Waals surface area contributed by atoms with E-state index in [1.54, 1.807) is 19.2 Å². The second kappa shape index (κ2) is 9.47. The van der Waals surface area contributed by atoms with Gasteiger partial charge in [0.1, 0.15) is 11.5 Å². The highest BCUT2D eigenvalue weighted by Crippen LogP contribution is 2.33. The lowest BCUT2D eigenvalue weighted by atomic mass is 10.1. The fraction of sp³-hybridized carbons (Fsp3) is 0.300. The zero-order valence-corrected chi connectivity index (χ0v) is 16.2. The summed E-state index contributed by atoms with van der Waals surface area (Å²) in [6.45, 7) is 3.81. The van der Waals surface area contributed by atoms with Crippen LogP contribution in [0.15, 0.2) is 35.4 Å². The van der Waals surface area contributed by atoms with Gasteiger partial charge in [0.05, 0.1) is 27.5 Å². The molecule has 0 radical (unpaired) electrons. The fourth-order valence-corrected chi connectivity index (χ4v) is 2.52. The summed E-state index contributed by atoms with van der Waals surface area (Å²) in [5.41, 5.74) is 5.20. The number of ether oxygens (including phenoxy) is 4. The van der Waals surface area contributed by atoms with Crippen LogP contribution in [-0.2, 0) is 4.79 Å². The van der Waals surface area contributed by atoms with Gasteiger partial charge in [0.2, 0.25) is 0 Å². The van der Waals surface area contributed by atoms with Gasteiger partial charge in [0.25, 0.3) is 5.91 Å². The molecule has 0 fully saturated rings. The third kappa shape index (κ3) is 5.64. The van der Waals surface area contributed by atoms with Crippen LogP contribution in [0.25, 0.3) is 0 Å². The Bertz CT molecular complexity index is 813. The van der Waals surface area contributed by atoms with Crippen molar-refractivity contribution in [3.8, 4) is 23.0 Å². The Morgan fingerprint density at radius 3 is 2.11 bits per heavy atom. The first-order valence-corrected chi connectivity index (χ1v) is 8.29. The lowest BCUT2D eigenvalue weighted by Gasteiger charge is -2.11. The Labute approximate surface area is 158 Å². The molecule has 0 bridgehead atoms. The van der Waals surface area contributed by atoms with Crippen molar-refractivity contribution >= 4 is 12.1 Å². The van der Waals surface area contributed by atoms with E-state index in [0.29, 0.717) is 28.6 Å². The molecule has 0 heterocycles. The average molecular weight is 372 g/mol. The number of hydrazone groups is 1. The Kier molecular flexibility index (Phi) is 7.05. The van der Waals surface area contributed by atoms with Crippen LogP contribution in [0.5, 0.6) is 23.0 Å². The van der Waals surface area contributed by atoms with Crippen LogP contribution in [0.4, 0.5) is 0 Å². The highest BCUT2D eigenvalue weighted by atomic mass is 16.5. The number of amides is 1. The molecule has 0 aromatic heterocycles. The molecule has 144 valence electrons. The van der Waals surface area contributed by atoms with E-state index in [1.165, 1.54) is 20.4 Å². The summed E-state index contributed by atoms with van der Waals surface area (Å²) in [5, 5.41) is 3.95. The lowest BCUT2D eigenvalue weighted by molar-refractivity contribution is -0.123. The standard InChI is InChI=1S/C20H24N2O5/c1-13-6-14(2)8-16(7-13)27-12-20(23)22-21-11-15-9-18(25-4)19(26-5)10-17(15)24-3/h6-11H,12H2,1-5H3,(H,22,23)/b21-11-. The normalized spacial score (nSPS) is 10.6. The van der Waals surface area contributed by atoms with E-state index >= 15 is 0 Å². The van der Waals surface area contributed by atoms with E-state index in [2.05, 4.69) is 10.5 Å². The predicted molar refractivity (Wildman–Crippen MR) is 103 cm³/mol. The van der Waals surface area contributed by atoms with Gasteiger partial charge in [-0.2, -0.15) is 5.10 Å². The number of rotatable bonds is 8. The number of aryl methyl sites for hydroxylation is 2. The topological polar surface area (TPSA) is 78.4 Å². The molecule has 0 unspecified atom stereocenters. The van der Waals surface area contributed by atoms with Crippen molar-refractivity contribution in [1.29, 1.82) is 0 Å². The number of hydrogen-bond donors (Lipinski definition) is 1. The molecule has 0 aliphatic rings. The summed E-state index contributed by atoms with van der Waals surface area (Å²) < 4.78 is 21.3. The molecule has 27 heavy (non-hydrogen) atoms. The molecule has 1 amide bonds. The number of benzene rings is 2. The number of nitrogens with one attached hydrogen (secondary N) is 1. The highest BCUT2D eigenvalue weighted by Gasteiger charge is 2.10. The van der Waals surface area contributed by atoms with Crippen LogP contribution in [0, 0.1) is 13.8 Å². The van der Waals surface area contributed by atoms with E-state index in [9.17, 15) is 4.79 Å². The third-order valence-corrected chi connectivity index (χ3v) is 3.69. The zero-order chi connectivity index (χ0) is 19.8. The molecular weight excluding hydrogens is 348 g/mol. The van der Waals surface area contributed by atoms with Gasteiger partial charge in [-0.25, -0.2) is 5.43 Å². The van der Waals surface area contributed by atoms with Crippen molar-refractivity contribution in [3.63, 3.8) is 0 Å². The van der Waals surface area contributed by atoms with Crippen LogP contribution < -0.4 is 24.4 Å². The number of carbonyl (C=O) groups is 1. The number of carbonyl (C=O) groups excluding carboxylic acids is 1. The summed E-state index contributed by atoms with van der Waals surface area (Å²) in [6, 6.07) is 9.17. The monoisotopic (exact) mass is 372 g/mol. The van der Waals surface area contributed by atoms with Crippen molar-refractivity contribution in [1.82, 2.24) is 5.43 Å². The van der Waals surface area contributed by atoms with Gasteiger partial charge < -0.3 is 18.9 Å². The van der Waals surface area contributed by atoms with E-state index in [0.717, 1.165) is 11.1 Å². The Morgan fingerprint density at radius 1 is 0.926 bits per heavy atom. The summed E-state index contributed by atoms with van der Waals surface area (Å²) >= 11 is 0. The maximum absolute atomic E-state index is 11.9. The van der Waals surface area contributed by atoms with Crippen molar-refractivity contribution < 1.29 is 23.7 Å². The molecule has 2 aromatic rings. The molecule has 0 aliphatic carbocycles. The maximum atomic E-state index is 11.9. The summed E-state index contributed by atoms with van der Waals surface area (Å²) in [7, 11) is 4.62. The smallest absolute Gasteiger partial charge is 0.277 e. The molecule has 2 aromatic carbocycles. The van der Waals surface area contributed by atoms with Gasteiger partial charge in [-0.15, -0.1) is 0 Å². The van der Waals surface area contributed by atoms with E-state index in [4.69, 9.17) is 18.9 Å². The average Bonchev–Trinajstić information content (AvgIpc) is 2.65. The highest BCUT2D eigenvalue weighted by molar-refractivity contribution is 5.86. The first-order chi connectivity index (χ1) is 13.0. The van der Waals surface area contributed by atoms with Crippen LogP contribution >= 0.6 is 0 Å². The summed E-state index contributed by atoms with van der Waals surface area (Å²) in [5.74, 6) is 1.89. The quantitative estimate of drug-likeness (QED) is 0.569. The molecular formula is C20H24N2O5. The SMILES string of the molecule is COc1cc(OC)c(OC)cc1/C=N\NC(=O)COc1cc(C)cc(C)c1. The lowest BCUT2D eigenvalue weighted by Crippen LogP contribution is -2.24. The van der Waals surface area contributed by atoms with Crippen LogP contribution in [0.3, 0.4) is 0 Å². The zero-order valence-electron chi connectivity index (χ0n) is 16.2. The number of hydrogen-bond acceptors (Lipinski definition) is 6. The summed E-state index contributed by atoms with van der Waals surface area (Å²) in [4.78, 5) is 11.9. The molecule has 0 spiro atoms. The van der Waals surface area contributed by atoms with E-state index in [-0.39, 0.29) is 12.5 Å². The predicted octanol–water partition coefficient (Wildman–Crippen LogP) is 2.86. The van der Waals surface area contributed by atoms with Crippen molar-refractivity contribution in [2.75, 3.05) is 27.9 Å². The maximum Gasteiger partial charge on any atom is 0.277 e. The molecule has 0 saturated carbocycles. The minimum Gasteiger partial charge on any atom is -0.496 e. The van der Waals surface area contributed by atoms with Gasteiger partial charge in [-0.3, -0.25) is 4.79 Å². The number of nitrogens with zero attached hydrogens (tertiary/aromatic N) is 1. The molecule has 1 N–H and O–H groups in total. The van der Waals surface area contributed by atoms with Gasteiger partial charge in [0, 0.05) is 11.6 Å². The third-order valence-electron chi connectivity index (χ3n) is 3.69. The molecule has 0 aliphatic heterocycles. The van der Waals surface area contributed by atoms with Crippen LogP contribution in [0.1, 0.15) is 16.7 Å². The van der Waals surface area contributed by atoms with E-state index in [1.807, 2.05) is 32.0 Å². The van der Waals surface area contributed by atoms with Gasteiger partial charge in [-0.05, 0) is 43.2 Å². The molecule has 0 saturated heterocycles. The second-order valence-electron chi connectivity index (χ2n) is 5.85. The minimum absolute atomic E-state index is 0.136. The molecule has 7 nitrogen and oxygen atoms in total. The van der Waals surface area contributed by atoms with Gasteiger partial charge in [-0.1, -0.05) is 6.07 Å². The Morgan fingerprint density at radius 2 is 1.52 bits per heavy atom. The van der Waals surface area contributed by atoms with Crippen LogP contribution in [0.2, 0.25) is 0 Å². The molecule has 2 rings (SSSR count). The Hall–Kier alpha value is -3.22. The van der Waals surface area contributed by atoms with Gasteiger partial charge in [0.15, 0.2) is 18.1 Å². The van der Waals surface area contributed by atoms with Crippen molar-refractivity contribution in [2.24, 2.45) is 5.10 Å². The summed E-state index contributed by atoms with van der Waals surface area (Å²) in [6.07, 6.45) is 1.47. The fourth-order valence-electron chi connectivity index (χ4n) is 2.52. The first-order valence-electron chi connectivity index (χ1n) is 8.29. The van der Waals surface area contributed by atoms with Crippen molar-refractivity contribution in [2.45, 2.75) is 13.8 Å². The minimum atomic E-state index is -0.371. The molecule has 7 heteroatoms.